The van der Waals surface area contributed by atoms with Crippen LogP contribution in [-0.2, 0) is 0 Å². The predicted molar refractivity (Wildman–Crippen MR) is 88.8 cm³/mol. The second-order valence-corrected chi connectivity index (χ2v) is 8.16. The Labute approximate surface area is 131 Å². The van der Waals surface area contributed by atoms with E-state index < -0.39 is 0 Å². The smallest absolute Gasteiger partial charge is 0.251 e. The molecule has 2 N–H and O–H groups in total. The average Bonchev–Trinajstić information content (AvgIpc) is 2.40. The molecule has 1 saturated carbocycles. The van der Waals surface area contributed by atoms with Crippen molar-refractivity contribution in [3.05, 3.63) is 22.6 Å². The number of H-pyrrole nitrogens is 1. The summed E-state index contributed by atoms with van der Waals surface area (Å²) >= 11 is 1.72. The number of rotatable bonds is 4. The van der Waals surface area contributed by atoms with E-state index in [-0.39, 0.29) is 5.56 Å². The van der Waals surface area contributed by atoms with Crippen molar-refractivity contribution < 1.29 is 0 Å². The van der Waals surface area contributed by atoms with E-state index in [0.29, 0.717) is 16.7 Å². The van der Waals surface area contributed by atoms with E-state index in [1.165, 1.54) is 25.3 Å². The second-order valence-electron chi connectivity index (χ2n) is 6.94. The lowest BCUT2D eigenvalue weighted by Crippen LogP contribution is -2.44. The maximum Gasteiger partial charge on any atom is 0.251 e. The molecule has 0 aliphatic heterocycles. The van der Waals surface area contributed by atoms with E-state index in [1.54, 1.807) is 18.0 Å². The lowest BCUT2D eigenvalue weighted by atomic mass is 9.71. The van der Waals surface area contributed by atoms with Crippen LogP contribution in [0.25, 0.3) is 0 Å². The molecule has 3 atom stereocenters. The molecule has 0 bridgehead atoms. The highest BCUT2D eigenvalue weighted by Crippen LogP contribution is 2.42. The van der Waals surface area contributed by atoms with Crippen molar-refractivity contribution in [1.82, 2.24) is 15.3 Å². The number of thioether (sulfide) groups is 1. The zero-order chi connectivity index (χ0) is 15.5. The Bertz CT molecular complexity index is 509. The van der Waals surface area contributed by atoms with Gasteiger partial charge in [0.05, 0.1) is 0 Å². The Kier molecular flexibility index (Phi) is 5.49. The van der Waals surface area contributed by atoms with Crippen LogP contribution in [0.2, 0.25) is 0 Å². The standard InChI is InChI=1S/C16H27N3OS/c1-5-17-12-7-6-11(16(2,3)4)10-13(12)21-15-18-9-8-14(20)19-15/h8-9,11-13,17H,5-7,10H2,1-4H3,(H,18,19,20). The number of hydrogen-bond acceptors (Lipinski definition) is 4. The summed E-state index contributed by atoms with van der Waals surface area (Å²) in [5.74, 6) is 0.723. The van der Waals surface area contributed by atoms with Crippen LogP contribution in [0.5, 0.6) is 0 Å². The molecule has 2 rings (SSSR count). The largest absolute Gasteiger partial charge is 0.313 e. The second kappa shape index (κ2) is 6.97. The van der Waals surface area contributed by atoms with Gasteiger partial charge in [-0.25, -0.2) is 4.98 Å². The minimum absolute atomic E-state index is 0.0734. The summed E-state index contributed by atoms with van der Waals surface area (Å²) in [6.45, 7) is 10.1. The van der Waals surface area contributed by atoms with Gasteiger partial charge in [-0.15, -0.1) is 0 Å². The first-order chi connectivity index (χ1) is 9.90. The number of aromatic nitrogens is 2. The quantitative estimate of drug-likeness (QED) is 0.839. The monoisotopic (exact) mass is 309 g/mol. The van der Waals surface area contributed by atoms with Crippen LogP contribution < -0.4 is 10.9 Å². The van der Waals surface area contributed by atoms with Gasteiger partial charge in [0.1, 0.15) is 0 Å². The van der Waals surface area contributed by atoms with Gasteiger partial charge in [0.2, 0.25) is 0 Å². The third-order valence-electron chi connectivity index (χ3n) is 4.39. The molecular formula is C16H27N3OS. The number of nitrogens with one attached hydrogen (secondary N) is 2. The van der Waals surface area contributed by atoms with Crippen LogP contribution in [0.1, 0.15) is 47.0 Å². The Morgan fingerprint density at radius 2 is 2.19 bits per heavy atom. The van der Waals surface area contributed by atoms with Crippen molar-refractivity contribution in [2.24, 2.45) is 11.3 Å². The highest BCUT2D eigenvalue weighted by molar-refractivity contribution is 7.99. The zero-order valence-electron chi connectivity index (χ0n) is 13.5. The molecule has 3 unspecified atom stereocenters. The van der Waals surface area contributed by atoms with E-state index in [9.17, 15) is 4.79 Å². The summed E-state index contributed by atoms with van der Waals surface area (Å²) in [6, 6.07) is 1.97. The molecular weight excluding hydrogens is 282 g/mol. The first-order valence-corrected chi connectivity index (χ1v) is 8.73. The van der Waals surface area contributed by atoms with Gasteiger partial charge in [-0.2, -0.15) is 0 Å². The third-order valence-corrected chi connectivity index (χ3v) is 5.65. The number of hydrogen-bond donors (Lipinski definition) is 2. The van der Waals surface area contributed by atoms with Gasteiger partial charge in [0, 0.05) is 23.6 Å². The highest BCUT2D eigenvalue weighted by Gasteiger charge is 2.36. The first kappa shape index (κ1) is 16.6. The fraction of sp³-hybridized carbons (Fsp3) is 0.750. The molecule has 0 radical (unpaired) electrons. The lowest BCUT2D eigenvalue weighted by Gasteiger charge is -2.41. The number of nitrogens with zero attached hydrogens (tertiary/aromatic N) is 1. The fourth-order valence-electron chi connectivity index (χ4n) is 3.10. The van der Waals surface area contributed by atoms with Gasteiger partial charge in [-0.05, 0) is 37.1 Å². The van der Waals surface area contributed by atoms with Gasteiger partial charge in [-0.1, -0.05) is 39.5 Å². The molecule has 0 amide bonds. The Morgan fingerprint density at radius 3 is 2.81 bits per heavy atom. The lowest BCUT2D eigenvalue weighted by molar-refractivity contribution is 0.165. The molecule has 1 fully saturated rings. The summed E-state index contributed by atoms with van der Waals surface area (Å²) in [4.78, 5) is 18.6. The zero-order valence-corrected chi connectivity index (χ0v) is 14.3. The Hall–Kier alpha value is -0.810. The minimum atomic E-state index is -0.0734. The minimum Gasteiger partial charge on any atom is -0.313 e. The molecule has 1 aromatic heterocycles. The fourth-order valence-corrected chi connectivity index (χ4v) is 4.39. The predicted octanol–water partition coefficient (Wildman–Crippen LogP) is 3.05. The number of aromatic amines is 1. The van der Waals surface area contributed by atoms with Crippen molar-refractivity contribution in [3.63, 3.8) is 0 Å². The van der Waals surface area contributed by atoms with Crippen LogP contribution in [0.15, 0.2) is 22.2 Å². The molecule has 118 valence electrons. The molecule has 5 heteroatoms. The van der Waals surface area contributed by atoms with Gasteiger partial charge in [0.15, 0.2) is 5.16 Å². The maximum atomic E-state index is 11.4. The highest BCUT2D eigenvalue weighted by atomic mass is 32.2. The Morgan fingerprint density at radius 1 is 1.43 bits per heavy atom. The van der Waals surface area contributed by atoms with E-state index in [1.807, 2.05) is 0 Å². The average molecular weight is 309 g/mol. The molecule has 0 spiro atoms. The van der Waals surface area contributed by atoms with Crippen molar-refractivity contribution in [2.75, 3.05) is 6.54 Å². The van der Waals surface area contributed by atoms with Crippen molar-refractivity contribution in [3.8, 4) is 0 Å². The summed E-state index contributed by atoms with van der Waals surface area (Å²) < 4.78 is 0. The van der Waals surface area contributed by atoms with Gasteiger partial charge in [-0.3, -0.25) is 4.79 Å². The van der Waals surface area contributed by atoms with Gasteiger partial charge in [0.25, 0.3) is 5.56 Å². The van der Waals surface area contributed by atoms with Crippen LogP contribution >= 0.6 is 11.8 Å². The molecule has 1 heterocycles. The third kappa shape index (κ3) is 4.58. The Balaban J connectivity index is 2.12. The molecule has 21 heavy (non-hydrogen) atoms. The van der Waals surface area contributed by atoms with Crippen LogP contribution in [-0.4, -0.2) is 27.8 Å². The summed E-state index contributed by atoms with van der Waals surface area (Å²) in [5.41, 5.74) is 0.267. The molecule has 1 aliphatic carbocycles. The molecule has 1 aliphatic rings. The van der Waals surface area contributed by atoms with E-state index in [2.05, 4.69) is 43.0 Å². The van der Waals surface area contributed by atoms with Crippen molar-refractivity contribution in [1.29, 1.82) is 0 Å². The summed E-state index contributed by atoms with van der Waals surface area (Å²) in [7, 11) is 0. The van der Waals surface area contributed by atoms with Crippen LogP contribution in [0.3, 0.4) is 0 Å². The van der Waals surface area contributed by atoms with E-state index in [4.69, 9.17) is 0 Å². The maximum absolute atomic E-state index is 11.4. The van der Waals surface area contributed by atoms with E-state index >= 15 is 0 Å². The first-order valence-electron chi connectivity index (χ1n) is 7.85. The molecule has 4 nitrogen and oxygen atoms in total. The van der Waals surface area contributed by atoms with Crippen molar-refractivity contribution in [2.45, 2.75) is 63.4 Å². The SMILES string of the molecule is CCNC1CCC(C(C)(C)C)CC1Sc1nccc(=O)[nH]1. The van der Waals surface area contributed by atoms with Crippen LogP contribution in [0.4, 0.5) is 0 Å². The molecule has 0 aromatic carbocycles. The topological polar surface area (TPSA) is 57.8 Å². The molecule has 1 aromatic rings. The summed E-state index contributed by atoms with van der Waals surface area (Å²) in [6.07, 6.45) is 5.24. The normalized spacial score (nSPS) is 26.8. The molecule has 0 saturated heterocycles. The van der Waals surface area contributed by atoms with Crippen LogP contribution in [0, 0.1) is 11.3 Å². The van der Waals surface area contributed by atoms with E-state index in [0.717, 1.165) is 17.6 Å². The van der Waals surface area contributed by atoms with Gasteiger partial charge < -0.3 is 10.3 Å². The summed E-state index contributed by atoms with van der Waals surface area (Å²) in [5, 5.41) is 4.81. The van der Waals surface area contributed by atoms with Crippen molar-refractivity contribution >= 4 is 11.8 Å². The van der Waals surface area contributed by atoms with Gasteiger partial charge >= 0.3 is 0 Å².